The Labute approximate surface area is 187 Å². The SMILES string of the molecule is Clc1ccc(-c2nn(-c3ccccc3)c(-c3ccc(Cl)c(Cl)c3)c2Cl)cc1Cl. The molecule has 140 valence electrons. The second-order valence-electron chi connectivity index (χ2n) is 6.02. The number of nitrogens with zero attached hydrogens (tertiary/aromatic N) is 2. The molecule has 3 aromatic carbocycles. The molecule has 0 spiro atoms. The van der Waals surface area contributed by atoms with Crippen LogP contribution in [0.25, 0.3) is 28.2 Å². The molecule has 28 heavy (non-hydrogen) atoms. The van der Waals surface area contributed by atoms with Crippen LogP contribution in [0.1, 0.15) is 0 Å². The minimum Gasteiger partial charge on any atom is -0.231 e. The van der Waals surface area contributed by atoms with E-state index in [1.54, 1.807) is 28.9 Å². The zero-order valence-electron chi connectivity index (χ0n) is 14.1. The highest BCUT2D eigenvalue weighted by Crippen LogP contribution is 2.40. The van der Waals surface area contributed by atoms with Gasteiger partial charge in [-0.05, 0) is 36.4 Å². The lowest BCUT2D eigenvalue weighted by atomic mass is 10.1. The van der Waals surface area contributed by atoms with Crippen LogP contribution in [-0.2, 0) is 0 Å². The highest BCUT2D eigenvalue weighted by Gasteiger charge is 2.21. The molecule has 4 rings (SSSR count). The lowest BCUT2D eigenvalue weighted by Crippen LogP contribution is -1.99. The van der Waals surface area contributed by atoms with Gasteiger partial charge in [-0.3, -0.25) is 0 Å². The van der Waals surface area contributed by atoms with Gasteiger partial charge in [-0.2, -0.15) is 5.10 Å². The zero-order valence-corrected chi connectivity index (χ0v) is 17.9. The number of para-hydroxylation sites is 1. The average molecular weight is 469 g/mol. The average Bonchev–Trinajstić information content (AvgIpc) is 3.04. The summed E-state index contributed by atoms with van der Waals surface area (Å²) in [7, 11) is 0. The first-order valence-corrected chi connectivity index (χ1v) is 10.1. The smallest absolute Gasteiger partial charge is 0.112 e. The number of benzene rings is 3. The maximum absolute atomic E-state index is 6.80. The van der Waals surface area contributed by atoms with Gasteiger partial charge in [0.05, 0.1) is 36.5 Å². The molecule has 2 nitrogen and oxygen atoms in total. The molecule has 0 fully saturated rings. The van der Waals surface area contributed by atoms with Crippen molar-refractivity contribution in [3.63, 3.8) is 0 Å². The van der Waals surface area contributed by atoms with E-state index in [1.165, 1.54) is 0 Å². The van der Waals surface area contributed by atoms with E-state index in [-0.39, 0.29) is 0 Å². The van der Waals surface area contributed by atoms with Gasteiger partial charge in [-0.1, -0.05) is 88.3 Å². The Morgan fingerprint density at radius 3 is 1.79 bits per heavy atom. The Hall–Kier alpha value is -1.68. The Morgan fingerprint density at radius 1 is 0.607 bits per heavy atom. The van der Waals surface area contributed by atoms with Crippen molar-refractivity contribution in [3.8, 4) is 28.2 Å². The number of hydrogen-bond donors (Lipinski definition) is 0. The summed E-state index contributed by atoms with van der Waals surface area (Å²) in [5, 5.41) is 7.03. The fourth-order valence-electron chi connectivity index (χ4n) is 2.88. The first-order valence-electron chi connectivity index (χ1n) is 8.20. The van der Waals surface area contributed by atoms with Gasteiger partial charge in [0.15, 0.2) is 0 Å². The third kappa shape index (κ3) is 3.63. The van der Waals surface area contributed by atoms with E-state index < -0.39 is 0 Å². The second kappa shape index (κ2) is 7.98. The van der Waals surface area contributed by atoms with Gasteiger partial charge in [0.2, 0.25) is 0 Å². The van der Waals surface area contributed by atoms with Gasteiger partial charge in [0, 0.05) is 11.1 Å². The topological polar surface area (TPSA) is 17.8 Å². The molecule has 1 heterocycles. The molecular weight excluding hydrogens is 458 g/mol. The Kier molecular flexibility index (Phi) is 5.59. The molecule has 0 aliphatic heterocycles. The molecule has 0 saturated heterocycles. The largest absolute Gasteiger partial charge is 0.231 e. The summed E-state index contributed by atoms with van der Waals surface area (Å²) < 4.78 is 1.78. The number of rotatable bonds is 3. The molecule has 0 amide bonds. The minimum absolute atomic E-state index is 0.431. The summed E-state index contributed by atoms with van der Waals surface area (Å²) in [4.78, 5) is 0. The van der Waals surface area contributed by atoms with E-state index in [0.717, 1.165) is 16.8 Å². The van der Waals surface area contributed by atoms with E-state index in [1.807, 2.05) is 42.5 Å². The molecule has 0 bridgehead atoms. The molecule has 0 aliphatic rings. The maximum atomic E-state index is 6.80. The number of halogens is 5. The van der Waals surface area contributed by atoms with Crippen LogP contribution in [0.5, 0.6) is 0 Å². The number of aromatic nitrogens is 2. The zero-order chi connectivity index (χ0) is 19.8. The highest BCUT2D eigenvalue weighted by atomic mass is 35.5. The molecule has 0 unspecified atom stereocenters. The van der Waals surface area contributed by atoms with E-state index in [2.05, 4.69) is 0 Å². The van der Waals surface area contributed by atoms with E-state index in [9.17, 15) is 0 Å². The predicted molar refractivity (Wildman–Crippen MR) is 119 cm³/mol. The van der Waals surface area contributed by atoms with E-state index >= 15 is 0 Å². The van der Waals surface area contributed by atoms with Crippen LogP contribution in [0.15, 0.2) is 66.7 Å². The maximum Gasteiger partial charge on any atom is 0.112 e. The van der Waals surface area contributed by atoms with Gasteiger partial charge in [-0.15, -0.1) is 0 Å². The standard InChI is InChI=1S/C21H11Cl5N2/c22-15-8-6-12(10-17(15)24)20-19(26)21(13-7-9-16(23)18(25)11-13)28(27-20)14-4-2-1-3-5-14/h1-11H. The Morgan fingerprint density at radius 2 is 1.18 bits per heavy atom. The van der Waals surface area contributed by atoms with Crippen molar-refractivity contribution in [1.29, 1.82) is 0 Å². The first kappa shape index (κ1) is 19.6. The molecule has 4 aromatic rings. The van der Waals surface area contributed by atoms with Crippen LogP contribution in [0, 0.1) is 0 Å². The predicted octanol–water partition coefficient (Wildman–Crippen LogP) is 8.47. The summed E-state index contributed by atoms with van der Waals surface area (Å²) >= 11 is 31.4. The summed E-state index contributed by atoms with van der Waals surface area (Å²) in [6.07, 6.45) is 0. The third-order valence-corrected chi connectivity index (χ3v) is 6.05. The highest BCUT2D eigenvalue weighted by molar-refractivity contribution is 6.43. The third-order valence-electron chi connectivity index (χ3n) is 4.21. The van der Waals surface area contributed by atoms with Crippen molar-refractivity contribution < 1.29 is 0 Å². The van der Waals surface area contributed by atoms with Gasteiger partial charge in [-0.25, -0.2) is 4.68 Å². The quantitative estimate of drug-likeness (QED) is 0.295. The van der Waals surface area contributed by atoms with Crippen molar-refractivity contribution in [1.82, 2.24) is 9.78 Å². The molecular formula is C21H11Cl5N2. The van der Waals surface area contributed by atoms with Crippen LogP contribution in [0.3, 0.4) is 0 Å². The fourth-order valence-corrected chi connectivity index (χ4v) is 3.81. The van der Waals surface area contributed by atoms with Crippen LogP contribution >= 0.6 is 58.0 Å². The van der Waals surface area contributed by atoms with Gasteiger partial charge < -0.3 is 0 Å². The van der Waals surface area contributed by atoms with Crippen molar-refractivity contribution in [2.45, 2.75) is 0 Å². The molecule has 0 N–H and O–H groups in total. The first-order chi connectivity index (χ1) is 13.5. The summed E-state index contributed by atoms with van der Waals surface area (Å²) in [6, 6.07) is 20.3. The van der Waals surface area contributed by atoms with E-state index in [0.29, 0.717) is 36.5 Å². The molecule has 0 aliphatic carbocycles. The molecule has 0 radical (unpaired) electrons. The normalized spacial score (nSPS) is 11.0. The minimum atomic E-state index is 0.431. The van der Waals surface area contributed by atoms with Crippen molar-refractivity contribution >= 4 is 58.0 Å². The Balaban J connectivity index is 1.99. The summed E-state index contributed by atoms with van der Waals surface area (Å²) in [6.45, 7) is 0. The van der Waals surface area contributed by atoms with Crippen LogP contribution < -0.4 is 0 Å². The lowest BCUT2D eigenvalue weighted by Gasteiger charge is -2.09. The van der Waals surface area contributed by atoms with Crippen molar-refractivity contribution in [2.24, 2.45) is 0 Å². The summed E-state index contributed by atoms with van der Waals surface area (Å²) in [5.74, 6) is 0. The molecule has 0 atom stereocenters. The van der Waals surface area contributed by atoms with E-state index in [4.69, 9.17) is 63.1 Å². The van der Waals surface area contributed by atoms with Gasteiger partial charge in [0.1, 0.15) is 5.69 Å². The van der Waals surface area contributed by atoms with Crippen LogP contribution in [0.2, 0.25) is 25.1 Å². The summed E-state index contributed by atoms with van der Waals surface area (Å²) in [5.41, 5.74) is 3.70. The second-order valence-corrected chi connectivity index (χ2v) is 8.02. The van der Waals surface area contributed by atoms with Gasteiger partial charge >= 0.3 is 0 Å². The van der Waals surface area contributed by atoms with Gasteiger partial charge in [0.25, 0.3) is 0 Å². The van der Waals surface area contributed by atoms with Crippen molar-refractivity contribution in [3.05, 3.63) is 91.8 Å². The molecule has 0 saturated carbocycles. The fraction of sp³-hybridized carbons (Fsp3) is 0. The van der Waals surface area contributed by atoms with Crippen LogP contribution in [-0.4, -0.2) is 9.78 Å². The molecule has 1 aromatic heterocycles. The number of hydrogen-bond acceptors (Lipinski definition) is 1. The monoisotopic (exact) mass is 466 g/mol. The van der Waals surface area contributed by atoms with Crippen molar-refractivity contribution in [2.75, 3.05) is 0 Å². The Bertz CT molecular complexity index is 1170. The molecule has 7 heteroatoms. The lowest BCUT2D eigenvalue weighted by molar-refractivity contribution is 0.892. The van der Waals surface area contributed by atoms with Crippen LogP contribution in [0.4, 0.5) is 0 Å².